The zero-order chi connectivity index (χ0) is 20.4. The second kappa shape index (κ2) is 8.18. The number of amides is 1. The first-order chi connectivity index (χ1) is 14.1. The topological polar surface area (TPSA) is 69.9 Å². The molecule has 0 spiro atoms. The van der Waals surface area contributed by atoms with Crippen LogP contribution in [0.4, 0.5) is 5.69 Å². The third kappa shape index (κ3) is 3.68. The summed E-state index contributed by atoms with van der Waals surface area (Å²) in [7, 11) is 0. The summed E-state index contributed by atoms with van der Waals surface area (Å²) in [6, 6.07) is 11.4. The number of benzene rings is 1. The number of aromatic nitrogens is 3. The van der Waals surface area contributed by atoms with E-state index in [1.165, 1.54) is 18.7 Å². The van der Waals surface area contributed by atoms with Crippen molar-refractivity contribution in [3.05, 3.63) is 75.7 Å². The number of thiophene rings is 1. The van der Waals surface area contributed by atoms with E-state index in [-0.39, 0.29) is 11.5 Å². The number of H-pyrrole nitrogens is 1. The standard InChI is InChI=1S/C21H18N4O2S2/c1-3-12-29-21-22-20(27)19-16-8-4-5-9-17(16)24(14(2)26)18(25(19)23-21)11-10-15-7-6-13-28-15/h3-11,13,18H,1,12H2,2H3/p+1/b11-10+. The van der Waals surface area contributed by atoms with E-state index in [0.29, 0.717) is 27.9 Å². The minimum absolute atomic E-state index is 0.126. The van der Waals surface area contributed by atoms with E-state index in [2.05, 4.69) is 16.7 Å². The maximum absolute atomic E-state index is 13.0. The van der Waals surface area contributed by atoms with E-state index in [4.69, 9.17) is 0 Å². The Balaban J connectivity index is 1.94. The Morgan fingerprint density at radius 1 is 1.38 bits per heavy atom. The molecule has 1 aromatic carbocycles. The maximum atomic E-state index is 13.0. The Labute approximate surface area is 176 Å². The van der Waals surface area contributed by atoms with Gasteiger partial charge in [0, 0.05) is 28.7 Å². The van der Waals surface area contributed by atoms with Crippen LogP contribution >= 0.6 is 23.1 Å². The van der Waals surface area contributed by atoms with Crippen LogP contribution in [0, 0.1) is 0 Å². The van der Waals surface area contributed by atoms with Gasteiger partial charge in [0.2, 0.25) is 11.1 Å². The fraction of sp³-hybridized carbons (Fsp3) is 0.143. The van der Waals surface area contributed by atoms with Crippen molar-refractivity contribution in [2.75, 3.05) is 10.7 Å². The number of hydrogen-bond acceptors (Lipinski definition) is 5. The summed E-state index contributed by atoms with van der Waals surface area (Å²) in [6.07, 6.45) is 5.06. The van der Waals surface area contributed by atoms with Crippen molar-refractivity contribution in [2.24, 2.45) is 0 Å². The number of rotatable bonds is 5. The molecule has 1 atom stereocenters. The number of nitrogens with one attached hydrogen (secondary N) is 1. The van der Waals surface area contributed by atoms with Gasteiger partial charge < -0.3 is 0 Å². The lowest BCUT2D eigenvalue weighted by molar-refractivity contribution is -0.761. The van der Waals surface area contributed by atoms with Gasteiger partial charge in [-0.15, -0.1) is 17.9 Å². The molecule has 1 amide bonds. The highest BCUT2D eigenvalue weighted by Gasteiger charge is 2.42. The first kappa shape index (κ1) is 19.4. The minimum atomic E-state index is -0.551. The van der Waals surface area contributed by atoms with Gasteiger partial charge in [0.15, 0.2) is 0 Å². The fourth-order valence-electron chi connectivity index (χ4n) is 3.30. The predicted molar refractivity (Wildman–Crippen MR) is 117 cm³/mol. The summed E-state index contributed by atoms with van der Waals surface area (Å²) >= 11 is 2.99. The van der Waals surface area contributed by atoms with Crippen LogP contribution in [-0.2, 0) is 4.79 Å². The number of aromatic amines is 1. The average Bonchev–Trinajstić information content (AvgIpc) is 3.23. The zero-order valence-corrected chi connectivity index (χ0v) is 17.4. The Bertz CT molecular complexity index is 1150. The predicted octanol–water partition coefficient (Wildman–Crippen LogP) is 3.64. The van der Waals surface area contributed by atoms with E-state index in [1.54, 1.807) is 27.0 Å². The van der Waals surface area contributed by atoms with Crippen LogP contribution in [0.25, 0.3) is 17.3 Å². The van der Waals surface area contributed by atoms with Crippen LogP contribution < -0.4 is 15.1 Å². The summed E-state index contributed by atoms with van der Waals surface area (Å²) in [5.74, 6) is 0.490. The molecule has 4 rings (SSSR count). The van der Waals surface area contributed by atoms with Crippen molar-refractivity contribution in [1.29, 1.82) is 0 Å². The van der Waals surface area contributed by atoms with Gasteiger partial charge >= 0.3 is 11.3 Å². The van der Waals surface area contributed by atoms with Gasteiger partial charge in [0.25, 0.3) is 6.17 Å². The fourth-order valence-corrected chi connectivity index (χ4v) is 4.51. The molecule has 0 radical (unpaired) electrons. The Kier molecular flexibility index (Phi) is 5.46. The van der Waals surface area contributed by atoms with Crippen molar-refractivity contribution in [2.45, 2.75) is 18.2 Å². The maximum Gasteiger partial charge on any atom is 0.325 e. The summed E-state index contributed by atoms with van der Waals surface area (Å²) in [5.41, 5.74) is 1.57. The molecule has 1 N–H and O–H groups in total. The van der Waals surface area contributed by atoms with Crippen LogP contribution in [0.5, 0.6) is 0 Å². The molecule has 0 bridgehead atoms. The van der Waals surface area contributed by atoms with Crippen molar-refractivity contribution in [3.63, 3.8) is 0 Å². The van der Waals surface area contributed by atoms with E-state index >= 15 is 0 Å². The lowest BCUT2D eigenvalue weighted by atomic mass is 10.0. The van der Waals surface area contributed by atoms with E-state index in [0.717, 1.165) is 4.88 Å². The molecule has 1 unspecified atom stereocenters. The summed E-state index contributed by atoms with van der Waals surface area (Å²) in [6.45, 7) is 5.24. The van der Waals surface area contributed by atoms with Crippen molar-refractivity contribution >= 4 is 40.8 Å². The summed E-state index contributed by atoms with van der Waals surface area (Å²) in [5, 5.41) is 7.13. The molecule has 0 aliphatic carbocycles. The van der Waals surface area contributed by atoms with Gasteiger partial charge in [0.1, 0.15) is 0 Å². The second-order valence-corrected chi connectivity index (χ2v) is 8.33. The van der Waals surface area contributed by atoms with Gasteiger partial charge in [-0.2, -0.15) is 0 Å². The van der Waals surface area contributed by atoms with Gasteiger partial charge in [-0.05, 0) is 34.3 Å². The molecule has 3 heterocycles. The third-order valence-corrected chi connectivity index (χ3v) is 6.15. The lowest BCUT2D eigenvalue weighted by Crippen LogP contribution is -2.59. The highest BCUT2D eigenvalue weighted by molar-refractivity contribution is 7.99. The number of para-hydroxylation sites is 1. The molecule has 2 aromatic heterocycles. The van der Waals surface area contributed by atoms with Gasteiger partial charge in [0.05, 0.1) is 11.3 Å². The number of carbonyl (C=O) groups excluding carboxylic acids is 1. The van der Waals surface area contributed by atoms with Crippen LogP contribution in [0.15, 0.2) is 70.5 Å². The van der Waals surface area contributed by atoms with Gasteiger partial charge in [-0.25, -0.2) is 4.90 Å². The molecule has 0 saturated heterocycles. The van der Waals surface area contributed by atoms with Crippen LogP contribution in [0.2, 0.25) is 0 Å². The molecule has 1 aliphatic rings. The molecule has 8 heteroatoms. The first-order valence-corrected chi connectivity index (χ1v) is 10.9. The Morgan fingerprint density at radius 3 is 2.93 bits per heavy atom. The van der Waals surface area contributed by atoms with Crippen molar-refractivity contribution in [1.82, 2.24) is 10.1 Å². The molecule has 3 aromatic rings. The van der Waals surface area contributed by atoms with Crippen LogP contribution in [0.3, 0.4) is 0 Å². The smallest absolute Gasteiger partial charge is 0.291 e. The number of fused-ring (bicyclic) bond motifs is 3. The Hall–Kier alpha value is -2.97. The molecule has 1 aliphatic heterocycles. The summed E-state index contributed by atoms with van der Waals surface area (Å²) < 4.78 is 1.64. The first-order valence-electron chi connectivity index (χ1n) is 9.01. The van der Waals surface area contributed by atoms with Crippen LogP contribution in [-0.4, -0.2) is 21.7 Å². The molecular weight excluding hydrogens is 404 g/mol. The molecule has 29 heavy (non-hydrogen) atoms. The van der Waals surface area contributed by atoms with Gasteiger partial charge in [-0.3, -0.25) is 14.6 Å². The van der Waals surface area contributed by atoms with Gasteiger partial charge in [-0.1, -0.05) is 36.0 Å². The third-order valence-electron chi connectivity index (χ3n) is 4.45. The average molecular weight is 424 g/mol. The Morgan fingerprint density at radius 2 is 2.21 bits per heavy atom. The lowest BCUT2D eigenvalue weighted by Gasteiger charge is -2.29. The quantitative estimate of drug-likeness (QED) is 0.386. The molecule has 0 fully saturated rings. The number of hydrogen-bond donors (Lipinski definition) is 1. The van der Waals surface area contributed by atoms with E-state index < -0.39 is 6.17 Å². The van der Waals surface area contributed by atoms with Crippen molar-refractivity contribution in [3.8, 4) is 11.3 Å². The highest BCUT2D eigenvalue weighted by Crippen LogP contribution is 2.35. The SMILES string of the molecule is C=CCSc1n[n+]2c(c(=O)[nH]1)-c1ccccc1N(C(C)=O)C2/C=C/c1cccs1. The van der Waals surface area contributed by atoms with E-state index in [9.17, 15) is 9.59 Å². The molecule has 146 valence electrons. The molecular formula is C21H19N4O2S2+. The summed E-state index contributed by atoms with van der Waals surface area (Å²) in [4.78, 5) is 31.2. The number of anilines is 1. The normalized spacial score (nSPS) is 15.2. The second-order valence-electron chi connectivity index (χ2n) is 6.35. The minimum Gasteiger partial charge on any atom is -0.291 e. The number of nitrogens with zero attached hydrogens (tertiary/aromatic N) is 3. The number of thioether (sulfide) groups is 1. The largest absolute Gasteiger partial charge is 0.325 e. The highest BCUT2D eigenvalue weighted by atomic mass is 32.2. The van der Waals surface area contributed by atoms with Crippen molar-refractivity contribution < 1.29 is 9.48 Å². The zero-order valence-electron chi connectivity index (χ0n) is 15.7. The number of carbonyl (C=O) groups is 1. The van der Waals surface area contributed by atoms with E-state index in [1.807, 2.05) is 53.9 Å². The van der Waals surface area contributed by atoms with Crippen LogP contribution in [0.1, 0.15) is 18.0 Å². The molecule has 6 nitrogen and oxygen atoms in total. The molecule has 0 saturated carbocycles. The monoisotopic (exact) mass is 423 g/mol.